The molecule has 1 aliphatic heterocycles. The Morgan fingerprint density at radius 2 is 1.75 bits per heavy atom. The Bertz CT molecular complexity index is 837. The number of hydrogen-bond acceptors (Lipinski definition) is 3. The number of hydrogen-bond donors (Lipinski definition) is 0. The van der Waals surface area contributed by atoms with E-state index in [1.807, 2.05) is 0 Å². The van der Waals surface area contributed by atoms with Crippen LogP contribution in [0.2, 0.25) is 0 Å². The Kier molecular flexibility index (Phi) is 5.67. The van der Waals surface area contributed by atoms with Crippen LogP contribution >= 0.6 is 0 Å². The molecule has 28 heavy (non-hydrogen) atoms. The maximum Gasteiger partial charge on any atom is 0.416 e. The van der Waals surface area contributed by atoms with E-state index in [2.05, 4.69) is 0 Å². The molecule has 1 fully saturated rings. The lowest BCUT2D eigenvalue weighted by atomic mass is 9.94. The van der Waals surface area contributed by atoms with Crippen LogP contribution in [0.4, 0.5) is 22.4 Å². The Balaban J connectivity index is 1.79. The van der Waals surface area contributed by atoms with Crippen molar-refractivity contribution in [3.8, 4) is 0 Å². The van der Waals surface area contributed by atoms with Crippen LogP contribution in [0.25, 0.3) is 0 Å². The fraction of sp³-hybridized carbons (Fsp3) is 0.300. The number of ether oxygens (including phenoxy) is 1. The fourth-order valence-corrected chi connectivity index (χ4v) is 3.19. The fourth-order valence-electron chi connectivity index (χ4n) is 3.19. The number of benzene rings is 2. The van der Waals surface area contributed by atoms with Gasteiger partial charge in [0.25, 0.3) is 0 Å². The summed E-state index contributed by atoms with van der Waals surface area (Å²) in [6, 6.07) is 12.1. The summed E-state index contributed by atoms with van der Waals surface area (Å²) in [7, 11) is 0. The molecule has 0 N–H and O–H groups in total. The van der Waals surface area contributed by atoms with Crippen LogP contribution in [0.15, 0.2) is 54.6 Å². The molecule has 0 saturated carbocycles. The van der Waals surface area contributed by atoms with Gasteiger partial charge in [-0.2, -0.15) is 13.2 Å². The van der Waals surface area contributed by atoms with Gasteiger partial charge in [-0.25, -0.2) is 14.1 Å². The molecule has 2 aromatic rings. The van der Waals surface area contributed by atoms with Crippen molar-refractivity contribution >= 4 is 12.0 Å². The summed E-state index contributed by atoms with van der Waals surface area (Å²) < 4.78 is 58.5. The van der Waals surface area contributed by atoms with Crippen molar-refractivity contribution in [1.82, 2.24) is 4.90 Å². The van der Waals surface area contributed by atoms with Crippen LogP contribution in [0, 0.1) is 5.82 Å². The summed E-state index contributed by atoms with van der Waals surface area (Å²) in [4.78, 5) is 25.3. The Hall–Kier alpha value is -2.90. The van der Waals surface area contributed by atoms with Crippen LogP contribution in [-0.2, 0) is 16.0 Å². The SMILES string of the molecule is O=C(CC(c1ccc(F)cc1)C(F)(F)F)N1C(=O)OC[C@@H]1Cc1ccccc1. The van der Waals surface area contributed by atoms with Crippen molar-refractivity contribution in [1.29, 1.82) is 0 Å². The summed E-state index contributed by atoms with van der Waals surface area (Å²) in [6.07, 6.45) is -6.36. The van der Waals surface area contributed by atoms with Crippen LogP contribution in [0.3, 0.4) is 0 Å². The largest absolute Gasteiger partial charge is 0.447 e. The van der Waals surface area contributed by atoms with Crippen LogP contribution in [0.5, 0.6) is 0 Å². The second kappa shape index (κ2) is 8.00. The van der Waals surface area contributed by atoms with Crippen LogP contribution < -0.4 is 0 Å². The first-order valence-electron chi connectivity index (χ1n) is 8.60. The summed E-state index contributed by atoms with van der Waals surface area (Å²) >= 11 is 0. The number of carbonyl (C=O) groups is 2. The molecular formula is C20H17F4NO3. The smallest absolute Gasteiger partial charge is 0.416 e. The zero-order valence-corrected chi connectivity index (χ0v) is 14.7. The summed E-state index contributed by atoms with van der Waals surface area (Å²) in [5, 5.41) is 0. The van der Waals surface area contributed by atoms with Gasteiger partial charge in [-0.05, 0) is 29.7 Å². The Morgan fingerprint density at radius 1 is 1.11 bits per heavy atom. The number of cyclic esters (lactones) is 1. The normalized spacial score (nSPS) is 18.1. The highest BCUT2D eigenvalue weighted by Crippen LogP contribution is 2.38. The van der Waals surface area contributed by atoms with Gasteiger partial charge in [0.2, 0.25) is 5.91 Å². The maximum absolute atomic E-state index is 13.5. The van der Waals surface area contributed by atoms with E-state index in [-0.39, 0.29) is 18.6 Å². The molecule has 3 rings (SSSR count). The average molecular weight is 395 g/mol. The molecule has 0 aromatic heterocycles. The third kappa shape index (κ3) is 4.49. The molecule has 2 atom stereocenters. The first-order valence-corrected chi connectivity index (χ1v) is 8.60. The van der Waals surface area contributed by atoms with E-state index in [0.29, 0.717) is 0 Å². The van der Waals surface area contributed by atoms with Crippen molar-refractivity contribution < 1.29 is 31.9 Å². The Morgan fingerprint density at radius 3 is 2.36 bits per heavy atom. The van der Waals surface area contributed by atoms with Crippen molar-refractivity contribution in [3.63, 3.8) is 0 Å². The summed E-state index contributed by atoms with van der Waals surface area (Å²) in [5.41, 5.74) is 0.587. The number of rotatable bonds is 5. The zero-order chi connectivity index (χ0) is 20.3. The van der Waals surface area contributed by atoms with Gasteiger partial charge in [0.1, 0.15) is 12.4 Å². The number of amides is 2. The van der Waals surface area contributed by atoms with E-state index < -0.39 is 42.4 Å². The first kappa shape index (κ1) is 19.9. The van der Waals surface area contributed by atoms with Gasteiger partial charge in [0.15, 0.2) is 0 Å². The van der Waals surface area contributed by atoms with Gasteiger partial charge < -0.3 is 4.74 Å². The lowest BCUT2D eigenvalue weighted by Crippen LogP contribution is -2.41. The van der Waals surface area contributed by atoms with E-state index in [1.54, 1.807) is 30.3 Å². The third-order valence-electron chi connectivity index (χ3n) is 4.59. The van der Waals surface area contributed by atoms with Crippen LogP contribution in [0.1, 0.15) is 23.5 Å². The standard InChI is InChI=1S/C20H17F4NO3/c21-15-8-6-14(7-9-15)17(20(22,23)24)11-18(26)25-16(12-28-19(25)27)10-13-4-2-1-3-5-13/h1-9,16-17H,10-12H2/t16-,17?/m0/s1. The predicted octanol–water partition coefficient (Wildman–Crippen LogP) is 4.45. The molecule has 2 aromatic carbocycles. The molecule has 0 bridgehead atoms. The third-order valence-corrected chi connectivity index (χ3v) is 4.59. The molecule has 2 amide bonds. The van der Waals surface area contributed by atoms with E-state index in [4.69, 9.17) is 4.74 Å². The van der Waals surface area contributed by atoms with Gasteiger partial charge >= 0.3 is 12.3 Å². The Labute approximate surface area is 158 Å². The lowest BCUT2D eigenvalue weighted by molar-refractivity contribution is -0.160. The topological polar surface area (TPSA) is 46.6 Å². The molecule has 1 unspecified atom stereocenters. The molecule has 0 radical (unpaired) electrons. The van der Waals surface area contributed by atoms with Gasteiger partial charge in [0.05, 0.1) is 12.0 Å². The molecule has 1 aliphatic rings. The minimum absolute atomic E-state index is 0.0767. The van der Waals surface area contributed by atoms with Crippen LogP contribution in [-0.4, -0.2) is 35.7 Å². The average Bonchev–Trinajstić information content (AvgIpc) is 3.01. The number of alkyl halides is 3. The monoisotopic (exact) mass is 395 g/mol. The molecule has 0 spiro atoms. The first-order chi connectivity index (χ1) is 13.3. The van der Waals surface area contributed by atoms with E-state index >= 15 is 0 Å². The molecule has 148 valence electrons. The maximum atomic E-state index is 13.5. The number of halogens is 4. The minimum Gasteiger partial charge on any atom is -0.447 e. The molecular weight excluding hydrogens is 378 g/mol. The van der Waals surface area contributed by atoms with E-state index in [0.717, 1.165) is 34.7 Å². The summed E-state index contributed by atoms with van der Waals surface area (Å²) in [5.74, 6) is -3.80. The molecule has 1 heterocycles. The molecule has 4 nitrogen and oxygen atoms in total. The highest BCUT2D eigenvalue weighted by Gasteiger charge is 2.45. The second-order valence-electron chi connectivity index (χ2n) is 6.53. The van der Waals surface area contributed by atoms with Gasteiger partial charge in [-0.3, -0.25) is 4.79 Å². The molecule has 8 heteroatoms. The van der Waals surface area contributed by atoms with Gasteiger partial charge in [0, 0.05) is 6.42 Å². The lowest BCUT2D eigenvalue weighted by Gasteiger charge is -2.24. The molecule has 1 saturated heterocycles. The highest BCUT2D eigenvalue weighted by atomic mass is 19.4. The summed E-state index contributed by atoms with van der Waals surface area (Å²) in [6.45, 7) is -0.0767. The number of carbonyl (C=O) groups excluding carboxylic acids is 2. The minimum atomic E-state index is -4.73. The predicted molar refractivity (Wildman–Crippen MR) is 91.9 cm³/mol. The number of nitrogens with zero attached hydrogens (tertiary/aromatic N) is 1. The van der Waals surface area contributed by atoms with Crippen molar-refractivity contribution in [2.24, 2.45) is 0 Å². The quantitative estimate of drug-likeness (QED) is 0.703. The van der Waals surface area contributed by atoms with Crippen molar-refractivity contribution in [2.45, 2.75) is 31.0 Å². The van der Waals surface area contributed by atoms with Crippen molar-refractivity contribution in [3.05, 3.63) is 71.5 Å². The van der Waals surface area contributed by atoms with E-state index in [9.17, 15) is 27.2 Å². The van der Waals surface area contributed by atoms with Gasteiger partial charge in [-0.15, -0.1) is 0 Å². The molecule has 0 aliphatic carbocycles. The zero-order valence-electron chi connectivity index (χ0n) is 14.7. The van der Waals surface area contributed by atoms with Crippen molar-refractivity contribution in [2.75, 3.05) is 6.61 Å². The number of imide groups is 1. The second-order valence-corrected chi connectivity index (χ2v) is 6.53. The van der Waals surface area contributed by atoms with Gasteiger partial charge in [-0.1, -0.05) is 42.5 Å². The highest BCUT2D eigenvalue weighted by molar-refractivity contribution is 5.94. The van der Waals surface area contributed by atoms with E-state index in [1.165, 1.54) is 0 Å².